The average Bonchev–Trinajstić information content (AvgIpc) is 2.83. The molecule has 0 fully saturated rings. The van der Waals surface area contributed by atoms with Gasteiger partial charge in [-0.25, -0.2) is 9.02 Å². The van der Waals surface area contributed by atoms with Crippen molar-refractivity contribution in [2.24, 2.45) is 5.73 Å². The number of benzene rings is 1. The van der Waals surface area contributed by atoms with Gasteiger partial charge in [-0.2, -0.15) is 0 Å². The predicted molar refractivity (Wildman–Crippen MR) is 71.7 cm³/mol. The fourth-order valence-electron chi connectivity index (χ4n) is 1.80. The highest BCUT2D eigenvalue weighted by Crippen LogP contribution is 2.22. The number of hydrogen-bond acceptors (Lipinski definition) is 5. The van der Waals surface area contributed by atoms with E-state index in [0.717, 1.165) is 12.0 Å². The maximum absolute atomic E-state index is 13.3. The molecule has 1 atom stereocenters. The van der Waals surface area contributed by atoms with Gasteiger partial charge in [0.25, 0.3) is 0 Å². The molecule has 6 heteroatoms. The maximum Gasteiger partial charge on any atom is 0.145 e. The molecule has 5 nitrogen and oxygen atoms in total. The number of rotatable bonds is 6. The van der Waals surface area contributed by atoms with Crippen LogP contribution in [0.5, 0.6) is 5.75 Å². The molecular formula is C14H18FN3O2. The number of nitrogens with two attached hydrogens (primary N) is 1. The highest BCUT2D eigenvalue weighted by Gasteiger charge is 2.11. The molecule has 0 spiro atoms. The number of aryl methyl sites for hydroxylation is 1. The second kappa shape index (κ2) is 6.47. The summed E-state index contributed by atoms with van der Waals surface area (Å²) in [6, 6.07) is 4.41. The van der Waals surface area contributed by atoms with Crippen molar-refractivity contribution < 1.29 is 13.8 Å². The highest BCUT2D eigenvalue weighted by atomic mass is 19.1. The van der Waals surface area contributed by atoms with Crippen LogP contribution in [-0.4, -0.2) is 16.4 Å². The zero-order chi connectivity index (χ0) is 14.5. The topological polar surface area (TPSA) is 74.2 Å². The Bertz CT molecular complexity index is 571. The number of halogens is 1. The number of nitrogens with zero attached hydrogens (tertiary/aromatic N) is 2. The minimum Gasteiger partial charge on any atom is -0.487 e. The molecule has 0 aliphatic heterocycles. The molecule has 0 aliphatic rings. The zero-order valence-corrected chi connectivity index (χ0v) is 11.6. The molecule has 0 saturated heterocycles. The van der Waals surface area contributed by atoms with Gasteiger partial charge in [0.2, 0.25) is 0 Å². The van der Waals surface area contributed by atoms with Crippen LogP contribution in [0.1, 0.15) is 30.3 Å². The van der Waals surface area contributed by atoms with E-state index in [-0.39, 0.29) is 18.5 Å². The van der Waals surface area contributed by atoms with Crippen molar-refractivity contribution in [3.05, 3.63) is 41.0 Å². The molecule has 2 rings (SSSR count). The van der Waals surface area contributed by atoms with Gasteiger partial charge in [0.1, 0.15) is 29.6 Å². The zero-order valence-electron chi connectivity index (χ0n) is 11.6. The molecule has 1 aromatic carbocycles. The minimum absolute atomic E-state index is 0.0189. The van der Waals surface area contributed by atoms with Gasteiger partial charge in [-0.1, -0.05) is 17.2 Å². The van der Waals surface area contributed by atoms with Gasteiger partial charge in [-0.3, -0.25) is 0 Å². The molecular weight excluding hydrogens is 261 g/mol. The van der Waals surface area contributed by atoms with E-state index in [1.54, 1.807) is 13.0 Å². The largest absolute Gasteiger partial charge is 0.487 e. The third kappa shape index (κ3) is 3.54. The first-order valence-corrected chi connectivity index (χ1v) is 6.55. The van der Waals surface area contributed by atoms with E-state index in [4.69, 9.17) is 10.5 Å². The minimum atomic E-state index is -0.296. The molecule has 1 aromatic heterocycles. The van der Waals surface area contributed by atoms with Gasteiger partial charge in [0.05, 0.1) is 0 Å². The molecule has 2 aromatic rings. The van der Waals surface area contributed by atoms with Gasteiger partial charge >= 0.3 is 0 Å². The first-order chi connectivity index (χ1) is 9.60. The Morgan fingerprint density at radius 1 is 1.40 bits per heavy atom. The molecule has 20 heavy (non-hydrogen) atoms. The third-order valence-corrected chi connectivity index (χ3v) is 3.14. The molecule has 0 bridgehead atoms. The standard InChI is InChI=1S/C14H18FN3O2/c1-3-12(16)7-10-6-11(15)4-5-14(10)19-8-13-9(2)17-20-18-13/h4-6,12H,3,7-8,16H2,1-2H3. The first-order valence-electron chi connectivity index (χ1n) is 6.55. The lowest BCUT2D eigenvalue weighted by Gasteiger charge is -2.14. The Hall–Kier alpha value is -1.95. The summed E-state index contributed by atoms with van der Waals surface area (Å²) < 4.78 is 23.6. The Kier molecular flexibility index (Phi) is 4.68. The first kappa shape index (κ1) is 14.5. The Morgan fingerprint density at radius 3 is 2.85 bits per heavy atom. The summed E-state index contributed by atoms with van der Waals surface area (Å²) >= 11 is 0. The Labute approximate surface area is 116 Å². The van der Waals surface area contributed by atoms with Crippen molar-refractivity contribution in [3.63, 3.8) is 0 Å². The summed E-state index contributed by atoms with van der Waals surface area (Å²) in [6.45, 7) is 4.01. The third-order valence-electron chi connectivity index (χ3n) is 3.14. The van der Waals surface area contributed by atoms with Gasteiger partial charge < -0.3 is 10.5 Å². The van der Waals surface area contributed by atoms with Crippen LogP contribution >= 0.6 is 0 Å². The summed E-state index contributed by atoms with van der Waals surface area (Å²) in [6.07, 6.45) is 1.39. The van der Waals surface area contributed by atoms with Crippen LogP contribution in [0.3, 0.4) is 0 Å². The number of ether oxygens (including phenoxy) is 1. The van der Waals surface area contributed by atoms with E-state index in [1.165, 1.54) is 12.1 Å². The molecule has 1 unspecified atom stereocenters. The smallest absolute Gasteiger partial charge is 0.145 e. The van der Waals surface area contributed by atoms with Crippen LogP contribution in [-0.2, 0) is 13.0 Å². The quantitative estimate of drug-likeness (QED) is 0.878. The molecule has 0 radical (unpaired) electrons. The number of hydrogen-bond donors (Lipinski definition) is 1. The van der Waals surface area contributed by atoms with Crippen LogP contribution in [0.25, 0.3) is 0 Å². The van der Waals surface area contributed by atoms with Gasteiger partial charge in [0, 0.05) is 6.04 Å². The fourth-order valence-corrected chi connectivity index (χ4v) is 1.80. The van der Waals surface area contributed by atoms with Crippen LogP contribution in [0.2, 0.25) is 0 Å². The molecule has 0 aliphatic carbocycles. The lowest BCUT2D eigenvalue weighted by molar-refractivity contribution is 0.268. The molecule has 108 valence electrons. The van der Waals surface area contributed by atoms with E-state index in [1.807, 2.05) is 6.92 Å². The van der Waals surface area contributed by atoms with E-state index in [0.29, 0.717) is 23.6 Å². The second-order valence-electron chi connectivity index (χ2n) is 4.71. The lowest BCUT2D eigenvalue weighted by Crippen LogP contribution is -2.21. The normalized spacial score (nSPS) is 12.4. The van der Waals surface area contributed by atoms with E-state index < -0.39 is 0 Å². The number of aromatic nitrogens is 2. The van der Waals surface area contributed by atoms with Crippen molar-refractivity contribution in [1.29, 1.82) is 0 Å². The second-order valence-corrected chi connectivity index (χ2v) is 4.71. The van der Waals surface area contributed by atoms with Crippen LogP contribution in [0.15, 0.2) is 22.8 Å². The monoisotopic (exact) mass is 279 g/mol. The van der Waals surface area contributed by atoms with E-state index >= 15 is 0 Å². The highest BCUT2D eigenvalue weighted by molar-refractivity contribution is 5.34. The summed E-state index contributed by atoms with van der Waals surface area (Å²) in [5, 5.41) is 7.43. The van der Waals surface area contributed by atoms with Crippen LogP contribution in [0.4, 0.5) is 4.39 Å². The van der Waals surface area contributed by atoms with E-state index in [2.05, 4.69) is 14.9 Å². The Morgan fingerprint density at radius 2 is 2.20 bits per heavy atom. The van der Waals surface area contributed by atoms with Crippen molar-refractivity contribution in [2.75, 3.05) is 0 Å². The average molecular weight is 279 g/mol. The van der Waals surface area contributed by atoms with Crippen LogP contribution < -0.4 is 10.5 Å². The molecule has 0 amide bonds. The lowest BCUT2D eigenvalue weighted by atomic mass is 10.0. The van der Waals surface area contributed by atoms with Crippen molar-refractivity contribution in [3.8, 4) is 5.75 Å². The van der Waals surface area contributed by atoms with Gasteiger partial charge in [0.15, 0.2) is 0 Å². The fraction of sp³-hybridized carbons (Fsp3) is 0.429. The summed E-state index contributed by atoms with van der Waals surface area (Å²) in [7, 11) is 0. The maximum atomic E-state index is 13.3. The summed E-state index contributed by atoms with van der Waals surface area (Å²) in [5.74, 6) is 0.313. The summed E-state index contributed by atoms with van der Waals surface area (Å²) in [5.41, 5.74) is 7.99. The SMILES string of the molecule is CCC(N)Cc1cc(F)ccc1OCc1nonc1C. The van der Waals surface area contributed by atoms with Crippen LogP contribution in [0, 0.1) is 12.7 Å². The van der Waals surface area contributed by atoms with Gasteiger partial charge in [-0.15, -0.1) is 0 Å². The van der Waals surface area contributed by atoms with Crippen molar-refractivity contribution in [2.45, 2.75) is 39.3 Å². The predicted octanol–water partition coefficient (Wildman–Crippen LogP) is 2.38. The van der Waals surface area contributed by atoms with Crippen molar-refractivity contribution in [1.82, 2.24) is 10.3 Å². The molecule has 2 N–H and O–H groups in total. The molecule has 1 heterocycles. The summed E-state index contributed by atoms with van der Waals surface area (Å²) in [4.78, 5) is 0. The van der Waals surface area contributed by atoms with Crippen molar-refractivity contribution >= 4 is 0 Å². The molecule has 0 saturated carbocycles. The van der Waals surface area contributed by atoms with E-state index in [9.17, 15) is 4.39 Å². The Balaban J connectivity index is 2.12. The van der Waals surface area contributed by atoms with Gasteiger partial charge in [-0.05, 0) is 43.5 Å².